The Morgan fingerprint density at radius 3 is 2.70 bits per heavy atom. The number of halogens is 4. The lowest BCUT2D eigenvalue weighted by molar-refractivity contribution is -0.137. The molecule has 1 aliphatic rings. The number of benzene rings is 2. The molecule has 0 bridgehead atoms. The number of hydrogen-bond donors (Lipinski definition) is 2. The molecule has 1 aliphatic heterocycles. The van der Waals surface area contributed by atoms with Crippen molar-refractivity contribution < 1.29 is 27.5 Å². The summed E-state index contributed by atoms with van der Waals surface area (Å²) in [5.41, 5.74) is 0.453. The second-order valence-electron chi connectivity index (χ2n) is 7.36. The first kappa shape index (κ1) is 22.8. The van der Waals surface area contributed by atoms with Gasteiger partial charge in [-0.2, -0.15) is 18.3 Å². The number of anilines is 2. The lowest BCUT2D eigenvalue weighted by Gasteiger charge is -2.14. The third kappa shape index (κ3) is 4.57. The lowest BCUT2D eigenvalue weighted by Crippen LogP contribution is -2.24. The van der Waals surface area contributed by atoms with E-state index in [1.807, 2.05) is 0 Å². The number of nitrogens with zero attached hydrogens (tertiary/aromatic N) is 2. The topological polar surface area (TPSA) is 85.2 Å². The minimum absolute atomic E-state index is 0.135. The number of fused-ring (bicyclic) bond motifs is 1. The molecule has 2 aromatic carbocycles. The van der Waals surface area contributed by atoms with Crippen LogP contribution < -0.4 is 10.6 Å². The molecule has 172 valence electrons. The van der Waals surface area contributed by atoms with Crippen LogP contribution in [0.3, 0.4) is 0 Å². The van der Waals surface area contributed by atoms with E-state index in [2.05, 4.69) is 15.7 Å². The van der Waals surface area contributed by atoms with Crippen molar-refractivity contribution in [3.05, 3.63) is 64.8 Å². The van der Waals surface area contributed by atoms with E-state index < -0.39 is 36.0 Å². The van der Waals surface area contributed by atoms with Crippen molar-refractivity contribution in [1.29, 1.82) is 0 Å². The molecule has 2 heterocycles. The Morgan fingerprint density at radius 1 is 1.24 bits per heavy atom. The summed E-state index contributed by atoms with van der Waals surface area (Å²) < 4.78 is 46.2. The average Bonchev–Trinajstić information content (AvgIpc) is 3.23. The number of nitrogens with one attached hydrogen (secondary N) is 2. The van der Waals surface area contributed by atoms with E-state index in [9.17, 15) is 22.8 Å². The van der Waals surface area contributed by atoms with Crippen molar-refractivity contribution in [3.8, 4) is 11.1 Å². The van der Waals surface area contributed by atoms with E-state index in [-0.39, 0.29) is 12.3 Å². The summed E-state index contributed by atoms with van der Waals surface area (Å²) in [5.74, 6) is -0.889. The number of aromatic nitrogens is 2. The zero-order valence-corrected chi connectivity index (χ0v) is 18.0. The predicted molar refractivity (Wildman–Crippen MR) is 116 cm³/mol. The Kier molecular flexibility index (Phi) is 6.13. The number of rotatable bonds is 6. The van der Waals surface area contributed by atoms with Crippen LogP contribution in [0.5, 0.6) is 0 Å². The van der Waals surface area contributed by atoms with E-state index in [0.29, 0.717) is 27.7 Å². The maximum Gasteiger partial charge on any atom is 0.418 e. The summed E-state index contributed by atoms with van der Waals surface area (Å²) >= 11 is 6.11. The third-order valence-corrected chi connectivity index (χ3v) is 5.34. The van der Waals surface area contributed by atoms with Gasteiger partial charge in [0.15, 0.2) is 0 Å². The van der Waals surface area contributed by atoms with Gasteiger partial charge in [-0.25, -0.2) is 4.68 Å². The molecule has 7 nitrogen and oxygen atoms in total. The molecule has 3 aromatic rings. The Labute approximate surface area is 191 Å². The maximum atomic E-state index is 13.2. The van der Waals surface area contributed by atoms with Gasteiger partial charge in [-0.1, -0.05) is 35.9 Å². The number of ether oxygens (including phenoxy) is 1. The molecule has 2 N–H and O–H groups in total. The van der Waals surface area contributed by atoms with E-state index in [4.69, 9.17) is 16.3 Å². The summed E-state index contributed by atoms with van der Waals surface area (Å²) in [6.07, 6.45) is -5.04. The molecular formula is C22H18ClF3N4O3. The largest absolute Gasteiger partial charge is 0.418 e. The average molecular weight is 479 g/mol. The van der Waals surface area contributed by atoms with Gasteiger partial charge in [0, 0.05) is 17.7 Å². The number of carbonyl (C=O) groups excluding carboxylic acids is 2. The highest BCUT2D eigenvalue weighted by molar-refractivity contribution is 6.30. The summed E-state index contributed by atoms with van der Waals surface area (Å²) in [6, 6.07) is 10.6. The zero-order chi connectivity index (χ0) is 23.8. The highest BCUT2D eigenvalue weighted by Gasteiger charge is 2.38. The van der Waals surface area contributed by atoms with E-state index in [1.165, 1.54) is 23.9 Å². The van der Waals surface area contributed by atoms with E-state index in [1.54, 1.807) is 24.3 Å². The van der Waals surface area contributed by atoms with E-state index in [0.717, 1.165) is 12.1 Å². The molecule has 33 heavy (non-hydrogen) atoms. The van der Waals surface area contributed by atoms with Gasteiger partial charge < -0.3 is 15.4 Å². The molecule has 1 unspecified atom stereocenters. The van der Waals surface area contributed by atoms with Crippen molar-refractivity contribution >= 4 is 34.9 Å². The van der Waals surface area contributed by atoms with Crippen molar-refractivity contribution in [3.63, 3.8) is 0 Å². The molecule has 0 saturated carbocycles. The minimum Gasteiger partial charge on any atom is -0.378 e. The van der Waals surface area contributed by atoms with Gasteiger partial charge in [-0.15, -0.1) is 0 Å². The van der Waals surface area contributed by atoms with Crippen LogP contribution in [0.1, 0.15) is 23.7 Å². The van der Waals surface area contributed by atoms with Crippen LogP contribution in [0.15, 0.2) is 48.5 Å². The zero-order valence-electron chi connectivity index (χ0n) is 17.2. The van der Waals surface area contributed by atoms with Crippen LogP contribution in [-0.4, -0.2) is 28.7 Å². The van der Waals surface area contributed by atoms with Gasteiger partial charge in [0.2, 0.25) is 5.91 Å². The summed E-state index contributed by atoms with van der Waals surface area (Å²) in [7, 11) is 1.49. The standard InChI is InChI=1S/C22H18ClF3N4O3/c1-33-11-16-19(12-5-4-6-13(23)9-12)20-28-21(32)17(30(20)29-16)10-18(31)27-15-8-3-2-7-14(15)22(24,25)26/h2-9,17H,10-11H2,1H3,(H,27,31)(H,28,32). The van der Waals surface area contributed by atoms with Gasteiger partial charge in [-0.3, -0.25) is 9.59 Å². The van der Waals surface area contributed by atoms with Crippen LogP contribution in [0.25, 0.3) is 11.1 Å². The summed E-state index contributed by atoms with van der Waals surface area (Å²) in [4.78, 5) is 25.2. The number of hydrogen-bond acceptors (Lipinski definition) is 4. The molecule has 4 rings (SSSR count). The Bertz CT molecular complexity index is 1230. The number of amides is 2. The Morgan fingerprint density at radius 2 is 2.00 bits per heavy atom. The fourth-order valence-electron chi connectivity index (χ4n) is 3.72. The molecule has 0 spiro atoms. The first-order chi connectivity index (χ1) is 15.7. The normalized spacial score (nSPS) is 15.3. The van der Waals surface area contributed by atoms with Crippen molar-refractivity contribution in [2.45, 2.75) is 25.2 Å². The van der Waals surface area contributed by atoms with Gasteiger partial charge in [0.05, 0.1) is 30.0 Å². The molecule has 0 fully saturated rings. The summed E-state index contributed by atoms with van der Waals surface area (Å²) in [6.45, 7) is 0.135. The third-order valence-electron chi connectivity index (χ3n) is 5.10. The second-order valence-corrected chi connectivity index (χ2v) is 7.80. The van der Waals surface area contributed by atoms with Crippen LogP contribution in [0, 0.1) is 0 Å². The van der Waals surface area contributed by atoms with Crippen LogP contribution in [-0.2, 0) is 27.1 Å². The quantitative estimate of drug-likeness (QED) is 0.528. The second kappa shape index (κ2) is 8.87. The SMILES string of the molecule is COCc1nn2c(c1-c1cccc(Cl)c1)NC(=O)C2CC(=O)Nc1ccccc1C(F)(F)F. The molecule has 0 radical (unpaired) electrons. The Balaban J connectivity index is 1.63. The van der Waals surface area contributed by atoms with Crippen molar-refractivity contribution in [1.82, 2.24) is 9.78 Å². The maximum absolute atomic E-state index is 13.2. The molecular weight excluding hydrogens is 461 g/mol. The number of methoxy groups -OCH3 is 1. The molecule has 2 amide bonds. The highest BCUT2D eigenvalue weighted by Crippen LogP contribution is 2.40. The first-order valence-electron chi connectivity index (χ1n) is 9.82. The minimum atomic E-state index is -4.63. The fraction of sp³-hybridized carbons (Fsp3) is 0.227. The number of alkyl halides is 3. The van der Waals surface area contributed by atoms with Gasteiger partial charge in [-0.05, 0) is 29.8 Å². The number of carbonyl (C=O) groups is 2. The van der Waals surface area contributed by atoms with Crippen LogP contribution in [0.2, 0.25) is 5.02 Å². The molecule has 1 atom stereocenters. The predicted octanol–water partition coefficient (Wildman–Crippen LogP) is 4.89. The van der Waals surface area contributed by atoms with Gasteiger partial charge >= 0.3 is 6.18 Å². The monoisotopic (exact) mass is 478 g/mol. The van der Waals surface area contributed by atoms with Crippen molar-refractivity contribution in [2.24, 2.45) is 0 Å². The lowest BCUT2D eigenvalue weighted by atomic mass is 10.1. The van der Waals surface area contributed by atoms with Crippen LogP contribution in [0.4, 0.5) is 24.7 Å². The summed E-state index contributed by atoms with van der Waals surface area (Å²) in [5, 5.41) is 9.91. The molecule has 11 heteroatoms. The van der Waals surface area contributed by atoms with E-state index >= 15 is 0 Å². The van der Waals surface area contributed by atoms with Crippen molar-refractivity contribution in [2.75, 3.05) is 17.7 Å². The molecule has 1 aromatic heterocycles. The Hall–Kier alpha value is -3.37. The van der Waals surface area contributed by atoms with Gasteiger partial charge in [0.1, 0.15) is 11.9 Å². The first-order valence-corrected chi connectivity index (χ1v) is 10.2. The fourth-order valence-corrected chi connectivity index (χ4v) is 3.91. The van der Waals surface area contributed by atoms with Crippen LogP contribution >= 0.6 is 11.6 Å². The molecule has 0 saturated heterocycles. The van der Waals surface area contributed by atoms with Gasteiger partial charge in [0.25, 0.3) is 5.91 Å². The smallest absolute Gasteiger partial charge is 0.378 e. The highest BCUT2D eigenvalue weighted by atomic mass is 35.5. The molecule has 0 aliphatic carbocycles. The number of para-hydroxylation sites is 1.